The molecule has 1 nitrogen and oxygen atoms in total. The summed E-state index contributed by atoms with van der Waals surface area (Å²) in [6.07, 6.45) is 1.93. The van der Waals surface area contributed by atoms with Crippen LogP contribution in [-0.2, 0) is 5.41 Å². The van der Waals surface area contributed by atoms with Gasteiger partial charge in [0, 0.05) is 11.8 Å². The van der Waals surface area contributed by atoms with Crippen molar-refractivity contribution < 1.29 is 0 Å². The summed E-state index contributed by atoms with van der Waals surface area (Å²) in [7, 11) is 0. The van der Waals surface area contributed by atoms with E-state index in [4.69, 9.17) is 0 Å². The third kappa shape index (κ3) is 3.26. The van der Waals surface area contributed by atoms with Gasteiger partial charge in [-0.3, -0.25) is 4.98 Å². The standard InChI is InChI=1S/C23H25N/c1-16-10-13-22(24-15-16)19-12-11-18(14-17(19)2)20-8-6-7-9-21(20)23(3,4)5/h6-15H,1-5H3. The predicted octanol–water partition coefficient (Wildman–Crippen LogP) is 6.33. The Bertz CT molecular complexity index is 852. The number of benzene rings is 2. The van der Waals surface area contributed by atoms with E-state index in [2.05, 4.69) is 94.2 Å². The zero-order chi connectivity index (χ0) is 17.3. The predicted molar refractivity (Wildman–Crippen MR) is 103 cm³/mol. The Morgan fingerprint density at radius 1 is 0.792 bits per heavy atom. The number of aryl methyl sites for hydroxylation is 2. The molecule has 3 aromatic rings. The summed E-state index contributed by atoms with van der Waals surface area (Å²) in [4.78, 5) is 4.57. The maximum Gasteiger partial charge on any atom is 0.0704 e. The van der Waals surface area contributed by atoms with Crippen molar-refractivity contribution in [2.75, 3.05) is 0 Å². The Hall–Kier alpha value is -2.41. The second-order valence-corrected chi connectivity index (χ2v) is 7.55. The largest absolute Gasteiger partial charge is 0.256 e. The summed E-state index contributed by atoms with van der Waals surface area (Å²) in [6, 6.07) is 19.6. The van der Waals surface area contributed by atoms with E-state index in [0.717, 1.165) is 5.69 Å². The van der Waals surface area contributed by atoms with Crippen LogP contribution in [0.1, 0.15) is 37.5 Å². The molecule has 0 amide bonds. The molecule has 0 atom stereocenters. The van der Waals surface area contributed by atoms with Crippen molar-refractivity contribution in [3.63, 3.8) is 0 Å². The molecule has 1 aromatic heterocycles. The van der Waals surface area contributed by atoms with Gasteiger partial charge in [0.15, 0.2) is 0 Å². The maximum atomic E-state index is 4.57. The van der Waals surface area contributed by atoms with Crippen LogP contribution in [0, 0.1) is 13.8 Å². The van der Waals surface area contributed by atoms with E-state index in [1.807, 2.05) is 6.20 Å². The molecule has 1 heteroatoms. The first kappa shape index (κ1) is 16.4. The highest BCUT2D eigenvalue weighted by Gasteiger charge is 2.18. The molecule has 2 aromatic carbocycles. The lowest BCUT2D eigenvalue weighted by Crippen LogP contribution is -2.12. The molecule has 0 unspecified atom stereocenters. The van der Waals surface area contributed by atoms with Crippen LogP contribution in [0.25, 0.3) is 22.4 Å². The van der Waals surface area contributed by atoms with E-state index in [-0.39, 0.29) is 5.41 Å². The Kier molecular flexibility index (Phi) is 4.28. The van der Waals surface area contributed by atoms with Gasteiger partial charge in [-0.2, -0.15) is 0 Å². The molecule has 0 radical (unpaired) electrons. The third-order valence-corrected chi connectivity index (χ3v) is 4.46. The molecule has 0 bridgehead atoms. The van der Waals surface area contributed by atoms with Gasteiger partial charge in [0.2, 0.25) is 0 Å². The number of pyridine rings is 1. The number of rotatable bonds is 2. The van der Waals surface area contributed by atoms with Gasteiger partial charge in [-0.15, -0.1) is 0 Å². The van der Waals surface area contributed by atoms with Crippen molar-refractivity contribution in [3.05, 3.63) is 77.5 Å². The van der Waals surface area contributed by atoms with Crippen molar-refractivity contribution in [1.29, 1.82) is 0 Å². The summed E-state index contributed by atoms with van der Waals surface area (Å²) < 4.78 is 0. The molecule has 0 fully saturated rings. The Morgan fingerprint density at radius 2 is 1.54 bits per heavy atom. The lowest BCUT2D eigenvalue weighted by molar-refractivity contribution is 0.592. The smallest absolute Gasteiger partial charge is 0.0704 e. The highest BCUT2D eigenvalue weighted by Crippen LogP contribution is 2.34. The number of aromatic nitrogens is 1. The van der Waals surface area contributed by atoms with Gasteiger partial charge < -0.3 is 0 Å². The van der Waals surface area contributed by atoms with E-state index in [1.165, 1.54) is 33.4 Å². The summed E-state index contributed by atoms with van der Waals surface area (Å²) >= 11 is 0. The summed E-state index contributed by atoms with van der Waals surface area (Å²) in [5, 5.41) is 0. The van der Waals surface area contributed by atoms with Crippen molar-refractivity contribution >= 4 is 0 Å². The molecule has 1 heterocycles. The monoisotopic (exact) mass is 315 g/mol. The van der Waals surface area contributed by atoms with Crippen LogP contribution < -0.4 is 0 Å². The van der Waals surface area contributed by atoms with E-state index < -0.39 is 0 Å². The van der Waals surface area contributed by atoms with Gasteiger partial charge in [0.05, 0.1) is 5.69 Å². The highest BCUT2D eigenvalue weighted by atomic mass is 14.7. The Labute approximate surface area is 145 Å². The lowest BCUT2D eigenvalue weighted by Gasteiger charge is -2.23. The highest BCUT2D eigenvalue weighted by molar-refractivity contribution is 5.74. The Morgan fingerprint density at radius 3 is 2.17 bits per heavy atom. The van der Waals surface area contributed by atoms with Gasteiger partial charge in [-0.05, 0) is 53.1 Å². The second-order valence-electron chi connectivity index (χ2n) is 7.55. The molecular weight excluding hydrogens is 290 g/mol. The summed E-state index contributed by atoms with van der Waals surface area (Å²) in [6.45, 7) is 11.0. The molecule has 0 N–H and O–H groups in total. The van der Waals surface area contributed by atoms with Crippen LogP contribution in [0.2, 0.25) is 0 Å². The first-order valence-electron chi connectivity index (χ1n) is 8.50. The minimum atomic E-state index is 0.127. The molecule has 0 aliphatic carbocycles. The van der Waals surface area contributed by atoms with Crippen molar-refractivity contribution in [3.8, 4) is 22.4 Å². The van der Waals surface area contributed by atoms with Crippen LogP contribution in [0.4, 0.5) is 0 Å². The van der Waals surface area contributed by atoms with Crippen LogP contribution in [0.5, 0.6) is 0 Å². The van der Waals surface area contributed by atoms with E-state index in [1.54, 1.807) is 0 Å². The number of nitrogens with zero attached hydrogens (tertiary/aromatic N) is 1. The van der Waals surface area contributed by atoms with E-state index in [9.17, 15) is 0 Å². The normalized spacial score (nSPS) is 11.5. The lowest BCUT2D eigenvalue weighted by atomic mass is 9.81. The average Bonchev–Trinajstić information content (AvgIpc) is 2.55. The minimum Gasteiger partial charge on any atom is -0.256 e. The van der Waals surface area contributed by atoms with E-state index >= 15 is 0 Å². The van der Waals surface area contributed by atoms with Crippen LogP contribution in [-0.4, -0.2) is 4.98 Å². The first-order valence-corrected chi connectivity index (χ1v) is 8.50. The van der Waals surface area contributed by atoms with Crippen molar-refractivity contribution in [2.45, 2.75) is 40.0 Å². The molecule has 0 saturated carbocycles. The second kappa shape index (κ2) is 6.24. The topological polar surface area (TPSA) is 12.9 Å². The van der Waals surface area contributed by atoms with Gasteiger partial charge in [0.1, 0.15) is 0 Å². The van der Waals surface area contributed by atoms with Gasteiger partial charge >= 0.3 is 0 Å². The number of hydrogen-bond donors (Lipinski definition) is 0. The molecule has 0 aliphatic rings. The fourth-order valence-electron chi connectivity index (χ4n) is 3.13. The fraction of sp³-hybridized carbons (Fsp3) is 0.261. The van der Waals surface area contributed by atoms with Gasteiger partial charge in [-0.1, -0.05) is 69.3 Å². The van der Waals surface area contributed by atoms with Gasteiger partial charge in [0.25, 0.3) is 0 Å². The molecule has 0 saturated heterocycles. The van der Waals surface area contributed by atoms with Crippen LogP contribution >= 0.6 is 0 Å². The average molecular weight is 315 g/mol. The molecule has 0 aliphatic heterocycles. The third-order valence-electron chi connectivity index (χ3n) is 4.46. The zero-order valence-electron chi connectivity index (χ0n) is 15.2. The van der Waals surface area contributed by atoms with Gasteiger partial charge in [-0.25, -0.2) is 0 Å². The van der Waals surface area contributed by atoms with Crippen LogP contribution in [0.3, 0.4) is 0 Å². The van der Waals surface area contributed by atoms with Crippen molar-refractivity contribution in [1.82, 2.24) is 4.98 Å². The van der Waals surface area contributed by atoms with Crippen molar-refractivity contribution in [2.24, 2.45) is 0 Å². The molecule has 122 valence electrons. The number of hydrogen-bond acceptors (Lipinski definition) is 1. The van der Waals surface area contributed by atoms with E-state index in [0.29, 0.717) is 0 Å². The zero-order valence-corrected chi connectivity index (χ0v) is 15.2. The quantitative estimate of drug-likeness (QED) is 0.538. The molecule has 3 rings (SSSR count). The summed E-state index contributed by atoms with van der Waals surface area (Å²) in [5.41, 5.74) is 8.78. The SMILES string of the molecule is Cc1ccc(-c2ccc(-c3ccccc3C(C)(C)C)cc2C)nc1. The fourth-order valence-corrected chi connectivity index (χ4v) is 3.13. The molecule has 24 heavy (non-hydrogen) atoms. The van der Waals surface area contributed by atoms with Crippen LogP contribution in [0.15, 0.2) is 60.8 Å². The molecular formula is C23H25N. The Balaban J connectivity index is 2.07. The first-order chi connectivity index (χ1) is 11.4. The minimum absolute atomic E-state index is 0.127. The maximum absolute atomic E-state index is 4.57. The molecule has 0 spiro atoms. The summed E-state index contributed by atoms with van der Waals surface area (Å²) in [5.74, 6) is 0.